The quantitative estimate of drug-likeness (QED) is 0.869. The minimum absolute atomic E-state index is 0.0778. The van der Waals surface area contributed by atoms with Gasteiger partial charge in [0.15, 0.2) is 0 Å². The van der Waals surface area contributed by atoms with Crippen LogP contribution in [0.15, 0.2) is 23.1 Å². The average molecular weight is 272 g/mol. The van der Waals surface area contributed by atoms with Gasteiger partial charge < -0.3 is 5.73 Å². The summed E-state index contributed by atoms with van der Waals surface area (Å²) in [6.07, 6.45) is 1.61. The Labute approximate surface area is 106 Å². The maximum absolute atomic E-state index is 13.6. The molecule has 6 heteroatoms. The van der Waals surface area contributed by atoms with E-state index < -0.39 is 15.8 Å². The van der Waals surface area contributed by atoms with E-state index in [0.717, 1.165) is 18.9 Å². The minimum atomic E-state index is -3.79. The molecule has 0 bridgehead atoms. The van der Waals surface area contributed by atoms with Crippen LogP contribution in [0.3, 0.4) is 0 Å². The maximum Gasteiger partial charge on any atom is 0.243 e. The molecule has 1 saturated carbocycles. The van der Waals surface area contributed by atoms with Crippen LogP contribution in [0.4, 0.5) is 4.39 Å². The average Bonchev–Trinajstić information content (AvgIpc) is 2.27. The highest BCUT2D eigenvalue weighted by atomic mass is 32.2. The van der Waals surface area contributed by atoms with Gasteiger partial charge in [0.25, 0.3) is 0 Å². The van der Waals surface area contributed by atoms with Gasteiger partial charge in [-0.3, -0.25) is 0 Å². The van der Waals surface area contributed by atoms with Crippen LogP contribution in [0.25, 0.3) is 0 Å². The van der Waals surface area contributed by atoms with Crippen LogP contribution < -0.4 is 10.5 Å². The Morgan fingerprint density at radius 1 is 1.44 bits per heavy atom. The molecule has 0 unspecified atom stereocenters. The first-order valence-corrected chi connectivity index (χ1v) is 7.41. The molecule has 3 N–H and O–H groups in total. The molecule has 1 aliphatic carbocycles. The van der Waals surface area contributed by atoms with Crippen molar-refractivity contribution in [1.29, 1.82) is 0 Å². The molecular formula is C12H17FN2O2S. The van der Waals surface area contributed by atoms with Crippen molar-refractivity contribution in [2.24, 2.45) is 11.7 Å². The van der Waals surface area contributed by atoms with E-state index in [1.807, 2.05) is 0 Å². The first-order chi connectivity index (χ1) is 8.42. The van der Waals surface area contributed by atoms with Crippen molar-refractivity contribution >= 4 is 10.0 Å². The third kappa shape index (κ3) is 2.71. The smallest absolute Gasteiger partial charge is 0.243 e. The zero-order chi connectivity index (χ0) is 13.3. The van der Waals surface area contributed by atoms with E-state index >= 15 is 0 Å². The second kappa shape index (κ2) is 4.95. The van der Waals surface area contributed by atoms with Gasteiger partial charge in [-0.1, -0.05) is 13.0 Å². The second-order valence-electron chi connectivity index (χ2n) is 4.86. The van der Waals surface area contributed by atoms with Crippen LogP contribution in [0.5, 0.6) is 0 Å². The molecule has 100 valence electrons. The van der Waals surface area contributed by atoms with Crippen molar-refractivity contribution in [3.05, 3.63) is 29.6 Å². The van der Waals surface area contributed by atoms with Gasteiger partial charge in [0.2, 0.25) is 10.0 Å². The second-order valence-corrected chi connectivity index (χ2v) is 6.55. The molecule has 2 rings (SSSR count). The van der Waals surface area contributed by atoms with Crippen LogP contribution in [0.1, 0.15) is 25.3 Å². The molecule has 1 aromatic rings. The zero-order valence-corrected chi connectivity index (χ0v) is 11.0. The van der Waals surface area contributed by atoms with E-state index in [-0.39, 0.29) is 17.5 Å². The van der Waals surface area contributed by atoms with Crippen molar-refractivity contribution < 1.29 is 12.8 Å². The van der Waals surface area contributed by atoms with Gasteiger partial charge in [-0.2, -0.15) is 0 Å². The van der Waals surface area contributed by atoms with Gasteiger partial charge in [0, 0.05) is 12.6 Å². The lowest BCUT2D eigenvalue weighted by molar-refractivity contribution is 0.270. The number of nitrogens with one attached hydrogen (secondary N) is 1. The molecule has 1 fully saturated rings. The number of hydrogen-bond donors (Lipinski definition) is 2. The van der Waals surface area contributed by atoms with Crippen LogP contribution in [0.2, 0.25) is 0 Å². The number of hydrogen-bond acceptors (Lipinski definition) is 3. The number of sulfonamides is 1. The standard InChI is InChI=1S/C12H17FN2O2S/c1-8-4-10(5-8)15-18(16,17)12-6-9(7-14)2-3-11(12)13/h2-3,6,8,10,15H,4-5,7,14H2,1H3. The van der Waals surface area contributed by atoms with Crippen LogP contribution >= 0.6 is 0 Å². The third-order valence-electron chi connectivity index (χ3n) is 3.22. The van der Waals surface area contributed by atoms with Gasteiger partial charge in [-0.05, 0) is 36.5 Å². The van der Waals surface area contributed by atoms with Crippen molar-refractivity contribution in [2.45, 2.75) is 37.2 Å². The van der Waals surface area contributed by atoms with Gasteiger partial charge >= 0.3 is 0 Å². The summed E-state index contributed by atoms with van der Waals surface area (Å²) in [5, 5.41) is 0. The Hall–Kier alpha value is -0.980. The normalized spacial score (nSPS) is 23.7. The summed E-state index contributed by atoms with van der Waals surface area (Å²) in [5.74, 6) is -0.218. The Morgan fingerprint density at radius 2 is 2.11 bits per heavy atom. The fraction of sp³-hybridized carbons (Fsp3) is 0.500. The summed E-state index contributed by atoms with van der Waals surface area (Å²) in [6, 6.07) is 3.84. The Morgan fingerprint density at radius 3 is 2.67 bits per heavy atom. The highest BCUT2D eigenvalue weighted by Gasteiger charge is 2.31. The van der Waals surface area contributed by atoms with Crippen LogP contribution in [0, 0.1) is 11.7 Å². The predicted molar refractivity (Wildman–Crippen MR) is 66.8 cm³/mol. The summed E-state index contributed by atoms with van der Waals surface area (Å²) in [4.78, 5) is -0.315. The van der Waals surface area contributed by atoms with Crippen molar-refractivity contribution in [3.8, 4) is 0 Å². The van der Waals surface area contributed by atoms with E-state index in [1.165, 1.54) is 12.1 Å². The fourth-order valence-corrected chi connectivity index (χ4v) is 3.55. The monoisotopic (exact) mass is 272 g/mol. The van der Waals surface area contributed by atoms with Gasteiger partial charge in [-0.25, -0.2) is 17.5 Å². The lowest BCUT2D eigenvalue weighted by atomic mass is 9.83. The largest absolute Gasteiger partial charge is 0.326 e. The molecule has 0 atom stereocenters. The Bertz CT molecular complexity index is 539. The molecule has 1 aliphatic rings. The first kappa shape index (κ1) is 13.5. The van der Waals surface area contributed by atoms with Crippen LogP contribution in [-0.2, 0) is 16.6 Å². The molecule has 1 aromatic carbocycles. The van der Waals surface area contributed by atoms with E-state index in [4.69, 9.17) is 5.73 Å². The number of halogens is 1. The lowest BCUT2D eigenvalue weighted by Crippen LogP contribution is -2.43. The summed E-state index contributed by atoms with van der Waals surface area (Å²) in [7, 11) is -3.79. The van der Waals surface area contributed by atoms with Gasteiger partial charge in [-0.15, -0.1) is 0 Å². The van der Waals surface area contributed by atoms with Crippen molar-refractivity contribution in [1.82, 2.24) is 4.72 Å². The highest BCUT2D eigenvalue weighted by Crippen LogP contribution is 2.28. The molecule has 4 nitrogen and oxygen atoms in total. The molecule has 0 heterocycles. The van der Waals surface area contributed by atoms with Gasteiger partial charge in [0.05, 0.1) is 0 Å². The number of nitrogens with two attached hydrogens (primary N) is 1. The summed E-state index contributed by atoms with van der Waals surface area (Å²) >= 11 is 0. The van der Waals surface area contributed by atoms with Crippen LogP contribution in [-0.4, -0.2) is 14.5 Å². The number of rotatable bonds is 4. The van der Waals surface area contributed by atoms with Crippen molar-refractivity contribution in [3.63, 3.8) is 0 Å². The molecule has 0 aromatic heterocycles. The molecule has 18 heavy (non-hydrogen) atoms. The highest BCUT2D eigenvalue weighted by molar-refractivity contribution is 7.89. The fourth-order valence-electron chi connectivity index (χ4n) is 2.16. The SMILES string of the molecule is CC1CC(NS(=O)(=O)c2cc(CN)ccc2F)C1. The predicted octanol–water partition coefficient (Wildman–Crippen LogP) is 1.36. The molecule has 0 aliphatic heterocycles. The van der Waals surface area contributed by atoms with E-state index in [2.05, 4.69) is 11.6 Å². The molecular weight excluding hydrogens is 255 g/mol. The molecule has 0 spiro atoms. The Kier molecular flexibility index (Phi) is 3.70. The first-order valence-electron chi connectivity index (χ1n) is 5.93. The number of benzene rings is 1. The molecule has 0 amide bonds. The van der Waals surface area contributed by atoms with E-state index in [9.17, 15) is 12.8 Å². The summed E-state index contributed by atoms with van der Waals surface area (Å²) in [6.45, 7) is 2.24. The lowest BCUT2D eigenvalue weighted by Gasteiger charge is -2.32. The minimum Gasteiger partial charge on any atom is -0.326 e. The molecule has 0 radical (unpaired) electrons. The van der Waals surface area contributed by atoms with E-state index in [1.54, 1.807) is 0 Å². The summed E-state index contributed by atoms with van der Waals surface area (Å²) < 4.78 is 40.2. The van der Waals surface area contributed by atoms with Crippen molar-refractivity contribution in [2.75, 3.05) is 0 Å². The molecule has 0 saturated heterocycles. The zero-order valence-electron chi connectivity index (χ0n) is 10.2. The van der Waals surface area contributed by atoms with Gasteiger partial charge in [0.1, 0.15) is 10.7 Å². The maximum atomic E-state index is 13.6. The topological polar surface area (TPSA) is 72.2 Å². The Balaban J connectivity index is 2.23. The summed E-state index contributed by atoms with van der Waals surface area (Å²) in [5.41, 5.74) is 6.03. The third-order valence-corrected chi connectivity index (χ3v) is 4.75. The van der Waals surface area contributed by atoms with E-state index in [0.29, 0.717) is 11.5 Å².